The number of ether oxygens (including phenoxy) is 1. The molecule has 11 heteroatoms. The minimum atomic E-state index is -0.443. The SMILES string of the molecule is Cc1ccc(C)c(Nc2nc(NN=Cc3ccc([N+](=O)[O-])cc3)nc(N3CCOCC3)n2)c1. The lowest BCUT2D eigenvalue weighted by atomic mass is 10.1. The first-order valence-electron chi connectivity index (χ1n) is 10.4. The molecule has 33 heavy (non-hydrogen) atoms. The molecular formula is C22H24N8O3. The standard InChI is InChI=1S/C22H24N8O3/c1-15-3-4-16(2)19(13-15)24-20-25-21(27-22(26-20)29-9-11-33-12-10-29)28-23-14-17-5-7-18(8-6-17)30(31)32/h3-8,13-14H,9-12H2,1-2H3,(H2,24,25,26,27,28). The van der Waals surface area contributed by atoms with Crippen LogP contribution < -0.4 is 15.6 Å². The van der Waals surface area contributed by atoms with Gasteiger partial charge < -0.3 is 15.0 Å². The molecule has 0 radical (unpaired) electrons. The number of rotatable bonds is 7. The third-order valence-electron chi connectivity index (χ3n) is 5.04. The van der Waals surface area contributed by atoms with Crippen molar-refractivity contribution in [2.75, 3.05) is 41.9 Å². The Balaban J connectivity index is 1.57. The molecule has 1 fully saturated rings. The molecular weight excluding hydrogens is 424 g/mol. The van der Waals surface area contributed by atoms with Crippen LogP contribution >= 0.6 is 0 Å². The number of morpholine rings is 1. The molecule has 0 aliphatic carbocycles. The van der Waals surface area contributed by atoms with Gasteiger partial charge in [-0.3, -0.25) is 10.1 Å². The Morgan fingerprint density at radius 1 is 1.06 bits per heavy atom. The minimum absolute atomic E-state index is 0.0230. The molecule has 3 aromatic rings. The second-order valence-corrected chi connectivity index (χ2v) is 7.54. The minimum Gasteiger partial charge on any atom is -0.378 e. The second-order valence-electron chi connectivity index (χ2n) is 7.54. The van der Waals surface area contributed by atoms with Crippen LogP contribution in [0.1, 0.15) is 16.7 Å². The van der Waals surface area contributed by atoms with Crippen LogP contribution in [0, 0.1) is 24.0 Å². The lowest BCUT2D eigenvalue weighted by molar-refractivity contribution is -0.384. The van der Waals surface area contributed by atoms with Gasteiger partial charge in [0.2, 0.25) is 17.8 Å². The van der Waals surface area contributed by atoms with E-state index in [-0.39, 0.29) is 11.6 Å². The highest BCUT2D eigenvalue weighted by Gasteiger charge is 2.17. The largest absolute Gasteiger partial charge is 0.378 e. The number of anilines is 4. The van der Waals surface area contributed by atoms with Crippen LogP contribution in [0.3, 0.4) is 0 Å². The topological polar surface area (TPSA) is 131 Å². The van der Waals surface area contributed by atoms with Crippen LogP contribution in [-0.2, 0) is 4.74 Å². The maximum Gasteiger partial charge on any atom is 0.269 e. The average molecular weight is 448 g/mol. The van der Waals surface area contributed by atoms with E-state index in [1.54, 1.807) is 18.3 Å². The summed E-state index contributed by atoms with van der Waals surface area (Å²) in [4.78, 5) is 25.9. The highest BCUT2D eigenvalue weighted by Crippen LogP contribution is 2.22. The van der Waals surface area contributed by atoms with Gasteiger partial charge in [0.1, 0.15) is 0 Å². The molecule has 4 rings (SSSR count). The van der Waals surface area contributed by atoms with Gasteiger partial charge in [-0.15, -0.1) is 0 Å². The van der Waals surface area contributed by atoms with E-state index >= 15 is 0 Å². The summed E-state index contributed by atoms with van der Waals surface area (Å²) < 4.78 is 5.43. The van der Waals surface area contributed by atoms with Crippen molar-refractivity contribution in [3.8, 4) is 0 Å². The molecule has 1 saturated heterocycles. The predicted molar refractivity (Wildman–Crippen MR) is 126 cm³/mol. The van der Waals surface area contributed by atoms with E-state index in [1.165, 1.54) is 12.1 Å². The molecule has 1 aromatic heterocycles. The van der Waals surface area contributed by atoms with Crippen molar-refractivity contribution < 1.29 is 9.66 Å². The molecule has 0 saturated carbocycles. The van der Waals surface area contributed by atoms with Crippen LogP contribution in [0.4, 0.5) is 29.2 Å². The Labute approximate surface area is 190 Å². The number of nitro benzene ring substituents is 1. The summed E-state index contributed by atoms with van der Waals surface area (Å²) in [5.41, 5.74) is 6.66. The fraction of sp³-hybridized carbons (Fsp3) is 0.273. The molecule has 0 unspecified atom stereocenters. The summed E-state index contributed by atoms with van der Waals surface area (Å²) in [7, 11) is 0. The van der Waals surface area contributed by atoms with Gasteiger partial charge in [-0.2, -0.15) is 20.1 Å². The van der Waals surface area contributed by atoms with Crippen LogP contribution in [0.5, 0.6) is 0 Å². The molecule has 0 atom stereocenters. The Morgan fingerprint density at radius 2 is 1.79 bits per heavy atom. The molecule has 0 bridgehead atoms. The van der Waals surface area contributed by atoms with Crippen molar-refractivity contribution in [1.29, 1.82) is 0 Å². The van der Waals surface area contributed by atoms with Gasteiger partial charge in [-0.1, -0.05) is 12.1 Å². The van der Waals surface area contributed by atoms with Gasteiger partial charge >= 0.3 is 0 Å². The summed E-state index contributed by atoms with van der Waals surface area (Å²) in [6.45, 7) is 6.60. The van der Waals surface area contributed by atoms with Crippen molar-refractivity contribution in [3.05, 3.63) is 69.3 Å². The second kappa shape index (κ2) is 10.0. The van der Waals surface area contributed by atoms with Gasteiger partial charge in [0.15, 0.2) is 0 Å². The summed E-state index contributed by atoms with van der Waals surface area (Å²) in [6, 6.07) is 12.2. The highest BCUT2D eigenvalue weighted by molar-refractivity contribution is 5.80. The van der Waals surface area contributed by atoms with Gasteiger partial charge in [0.25, 0.3) is 5.69 Å². The monoisotopic (exact) mass is 448 g/mol. The van der Waals surface area contributed by atoms with E-state index in [4.69, 9.17) is 4.74 Å². The molecule has 1 aliphatic rings. The molecule has 0 amide bonds. The number of nitrogens with zero attached hydrogens (tertiary/aromatic N) is 6. The maximum atomic E-state index is 10.8. The van der Waals surface area contributed by atoms with Gasteiger partial charge in [-0.05, 0) is 48.7 Å². The molecule has 2 N–H and O–H groups in total. The first kappa shape index (κ1) is 22.1. The number of nitrogens with one attached hydrogen (secondary N) is 2. The predicted octanol–water partition coefficient (Wildman–Crippen LogP) is 3.42. The third-order valence-corrected chi connectivity index (χ3v) is 5.04. The normalized spacial score (nSPS) is 13.8. The van der Waals surface area contributed by atoms with Crippen LogP contribution in [-0.4, -0.2) is 52.4 Å². The molecule has 2 heterocycles. The smallest absolute Gasteiger partial charge is 0.269 e. The Kier molecular flexibility index (Phi) is 6.69. The fourth-order valence-electron chi connectivity index (χ4n) is 3.21. The fourth-order valence-corrected chi connectivity index (χ4v) is 3.21. The lowest BCUT2D eigenvalue weighted by Crippen LogP contribution is -2.37. The van der Waals surface area contributed by atoms with Crippen LogP contribution in [0.15, 0.2) is 47.6 Å². The molecule has 170 valence electrons. The van der Waals surface area contributed by atoms with Gasteiger partial charge in [0, 0.05) is 30.9 Å². The van der Waals surface area contributed by atoms with Crippen molar-refractivity contribution in [3.63, 3.8) is 0 Å². The summed E-state index contributed by atoms with van der Waals surface area (Å²) in [5.74, 6) is 1.19. The first-order valence-corrected chi connectivity index (χ1v) is 10.4. The maximum absolute atomic E-state index is 10.8. The van der Waals surface area contributed by atoms with E-state index < -0.39 is 4.92 Å². The number of aryl methyl sites for hydroxylation is 2. The Morgan fingerprint density at radius 3 is 2.52 bits per heavy atom. The molecule has 11 nitrogen and oxygen atoms in total. The zero-order valence-corrected chi connectivity index (χ0v) is 18.4. The lowest BCUT2D eigenvalue weighted by Gasteiger charge is -2.27. The molecule has 0 spiro atoms. The van der Waals surface area contributed by atoms with Gasteiger partial charge in [-0.25, -0.2) is 5.43 Å². The van der Waals surface area contributed by atoms with Crippen LogP contribution in [0.25, 0.3) is 0 Å². The van der Waals surface area contributed by atoms with Crippen molar-refractivity contribution >= 4 is 35.4 Å². The zero-order chi connectivity index (χ0) is 23.2. The first-order chi connectivity index (χ1) is 16.0. The average Bonchev–Trinajstić information content (AvgIpc) is 2.82. The number of hydrogen-bond acceptors (Lipinski definition) is 10. The van der Waals surface area contributed by atoms with E-state index in [0.717, 1.165) is 16.8 Å². The van der Waals surface area contributed by atoms with Gasteiger partial charge in [0.05, 0.1) is 24.4 Å². The quantitative estimate of drug-likeness (QED) is 0.317. The van der Waals surface area contributed by atoms with E-state index in [0.29, 0.717) is 43.8 Å². The van der Waals surface area contributed by atoms with E-state index in [9.17, 15) is 10.1 Å². The van der Waals surface area contributed by atoms with E-state index in [2.05, 4.69) is 30.8 Å². The highest BCUT2D eigenvalue weighted by atomic mass is 16.6. The van der Waals surface area contributed by atoms with Crippen molar-refractivity contribution in [1.82, 2.24) is 15.0 Å². The number of aromatic nitrogens is 3. The molecule has 2 aromatic carbocycles. The summed E-state index contributed by atoms with van der Waals surface area (Å²) >= 11 is 0. The third kappa shape index (κ3) is 5.77. The summed E-state index contributed by atoms with van der Waals surface area (Å²) in [6.07, 6.45) is 1.54. The van der Waals surface area contributed by atoms with Crippen LogP contribution in [0.2, 0.25) is 0 Å². The number of non-ortho nitro benzene ring substituents is 1. The van der Waals surface area contributed by atoms with Crippen molar-refractivity contribution in [2.45, 2.75) is 13.8 Å². The number of benzene rings is 2. The summed E-state index contributed by atoms with van der Waals surface area (Å²) in [5, 5.41) is 18.3. The van der Waals surface area contributed by atoms with Crippen molar-refractivity contribution in [2.24, 2.45) is 5.10 Å². The number of hydrazone groups is 1. The number of nitro groups is 1. The van der Waals surface area contributed by atoms with E-state index in [1.807, 2.05) is 36.9 Å². The zero-order valence-electron chi connectivity index (χ0n) is 18.4. The Bertz CT molecular complexity index is 1160. The number of hydrogen-bond donors (Lipinski definition) is 2. The molecule has 1 aliphatic heterocycles. The Hall–Kier alpha value is -4.12.